The summed E-state index contributed by atoms with van der Waals surface area (Å²) in [4.78, 5) is 22.1. The summed E-state index contributed by atoms with van der Waals surface area (Å²) in [7, 11) is 0. The average Bonchev–Trinajstić information content (AvgIpc) is 3.26. The number of morpholine rings is 1. The molecule has 0 N–H and O–H groups in total. The first kappa shape index (κ1) is 20.9. The predicted molar refractivity (Wildman–Crippen MR) is 123 cm³/mol. The Bertz CT molecular complexity index is 1030. The lowest BCUT2D eigenvalue weighted by Gasteiger charge is -2.36. The van der Waals surface area contributed by atoms with Gasteiger partial charge in [0.15, 0.2) is 0 Å². The summed E-state index contributed by atoms with van der Waals surface area (Å²) in [5.41, 5.74) is 4.89. The molecule has 0 bridgehead atoms. The van der Waals surface area contributed by atoms with E-state index < -0.39 is 6.10 Å². The van der Waals surface area contributed by atoms with Crippen molar-refractivity contribution in [3.63, 3.8) is 0 Å². The molecular formula is C26H30N4O2. The maximum atomic E-state index is 13.2. The molecule has 5 rings (SSSR count). The van der Waals surface area contributed by atoms with Crippen LogP contribution in [0.1, 0.15) is 22.5 Å². The van der Waals surface area contributed by atoms with Gasteiger partial charge >= 0.3 is 0 Å². The van der Waals surface area contributed by atoms with Crippen molar-refractivity contribution in [3.05, 3.63) is 89.5 Å². The summed E-state index contributed by atoms with van der Waals surface area (Å²) in [5, 5.41) is 0. The van der Waals surface area contributed by atoms with Crippen molar-refractivity contribution in [3.8, 4) is 0 Å². The summed E-state index contributed by atoms with van der Waals surface area (Å²) in [6.45, 7) is 5.16. The molecule has 3 aromatic rings. The van der Waals surface area contributed by atoms with Crippen LogP contribution >= 0.6 is 0 Å². The number of benzene rings is 2. The number of hydrogen-bond donors (Lipinski definition) is 0. The molecule has 1 atom stereocenters. The Morgan fingerprint density at radius 1 is 1.00 bits per heavy atom. The number of nitrogens with zero attached hydrogens (tertiary/aromatic N) is 4. The fourth-order valence-corrected chi connectivity index (χ4v) is 4.69. The molecule has 1 aromatic heterocycles. The molecule has 2 aliphatic heterocycles. The highest BCUT2D eigenvalue weighted by Gasteiger charge is 2.33. The van der Waals surface area contributed by atoms with Gasteiger partial charge in [0.1, 0.15) is 6.10 Å². The van der Waals surface area contributed by atoms with E-state index in [-0.39, 0.29) is 5.91 Å². The van der Waals surface area contributed by atoms with E-state index in [1.54, 1.807) is 0 Å². The van der Waals surface area contributed by atoms with E-state index in [1.807, 2.05) is 23.4 Å². The van der Waals surface area contributed by atoms with Crippen molar-refractivity contribution in [1.29, 1.82) is 0 Å². The third kappa shape index (κ3) is 4.76. The minimum Gasteiger partial charge on any atom is -0.366 e. The largest absolute Gasteiger partial charge is 0.366 e. The Hall–Kier alpha value is -2.96. The number of carbonyl (C=O) groups is 1. The Labute approximate surface area is 189 Å². The average molecular weight is 431 g/mol. The zero-order valence-electron chi connectivity index (χ0n) is 18.4. The Balaban J connectivity index is 1.18. The summed E-state index contributed by atoms with van der Waals surface area (Å²) in [6, 6.07) is 20.9. The number of imidazole rings is 1. The third-order valence-corrected chi connectivity index (χ3v) is 6.46. The van der Waals surface area contributed by atoms with Crippen molar-refractivity contribution < 1.29 is 9.53 Å². The number of rotatable bonds is 6. The van der Waals surface area contributed by atoms with Crippen molar-refractivity contribution in [1.82, 2.24) is 19.4 Å². The smallest absolute Gasteiger partial charge is 0.253 e. The highest BCUT2D eigenvalue weighted by atomic mass is 16.5. The lowest BCUT2D eigenvalue weighted by atomic mass is 10.1. The number of aromatic nitrogens is 2. The van der Waals surface area contributed by atoms with Gasteiger partial charge < -0.3 is 14.2 Å². The zero-order valence-corrected chi connectivity index (χ0v) is 18.4. The highest BCUT2D eigenvalue weighted by Crippen LogP contribution is 2.21. The Kier molecular flexibility index (Phi) is 6.32. The minimum atomic E-state index is -0.394. The monoisotopic (exact) mass is 430 g/mol. The number of hydrogen-bond acceptors (Lipinski definition) is 4. The molecule has 32 heavy (non-hydrogen) atoms. The van der Waals surface area contributed by atoms with Crippen LogP contribution in [-0.4, -0.2) is 57.6 Å². The van der Waals surface area contributed by atoms with E-state index in [1.165, 1.54) is 16.8 Å². The van der Waals surface area contributed by atoms with Crippen LogP contribution in [-0.2, 0) is 42.0 Å². The number of aryl methyl sites for hydroxylation is 2. The zero-order chi connectivity index (χ0) is 21.8. The lowest BCUT2D eigenvalue weighted by Crippen LogP contribution is -2.51. The fourth-order valence-electron chi connectivity index (χ4n) is 4.69. The van der Waals surface area contributed by atoms with E-state index >= 15 is 0 Å². The van der Waals surface area contributed by atoms with E-state index in [4.69, 9.17) is 4.74 Å². The van der Waals surface area contributed by atoms with Crippen molar-refractivity contribution >= 4 is 5.91 Å². The third-order valence-electron chi connectivity index (χ3n) is 6.46. The fraction of sp³-hybridized carbons (Fsp3) is 0.385. The summed E-state index contributed by atoms with van der Waals surface area (Å²) >= 11 is 0. The van der Waals surface area contributed by atoms with E-state index in [9.17, 15) is 4.79 Å². The van der Waals surface area contributed by atoms with Gasteiger partial charge in [0.25, 0.3) is 5.91 Å². The van der Waals surface area contributed by atoms with Crippen molar-refractivity contribution in [2.75, 3.05) is 26.2 Å². The van der Waals surface area contributed by atoms with Crippen molar-refractivity contribution in [2.24, 2.45) is 0 Å². The first-order chi connectivity index (χ1) is 15.8. The number of amides is 1. The van der Waals surface area contributed by atoms with Crippen LogP contribution in [0, 0.1) is 0 Å². The van der Waals surface area contributed by atoms with Gasteiger partial charge in [0.2, 0.25) is 0 Å². The van der Waals surface area contributed by atoms with E-state index in [0.717, 1.165) is 44.7 Å². The molecule has 1 fully saturated rings. The maximum absolute atomic E-state index is 13.2. The SMILES string of the molecule is O=C([C@@H]1CN(Cc2ccccc2)CCO1)N1CCc2c(ncn2CCc2ccccc2)C1. The number of fused-ring (bicyclic) bond motifs is 1. The van der Waals surface area contributed by atoms with E-state index in [0.29, 0.717) is 19.7 Å². The summed E-state index contributed by atoms with van der Waals surface area (Å²) in [6.07, 6.45) is 3.37. The molecule has 2 aliphatic rings. The molecule has 6 heteroatoms. The summed E-state index contributed by atoms with van der Waals surface area (Å²) in [5.74, 6) is 0.0900. The standard InChI is InChI=1S/C26H30N4O2/c31-26(25-19-28(15-16-32-25)17-22-9-5-2-6-10-22)29-14-12-24-23(18-29)27-20-30(24)13-11-21-7-3-1-4-8-21/h1-10,20,25H,11-19H2/t25-/m0/s1. The Morgan fingerprint density at radius 3 is 2.53 bits per heavy atom. The molecule has 3 heterocycles. The molecule has 1 amide bonds. The first-order valence-electron chi connectivity index (χ1n) is 11.5. The van der Waals surface area contributed by atoms with E-state index in [2.05, 4.69) is 63.0 Å². The Morgan fingerprint density at radius 2 is 1.75 bits per heavy atom. The van der Waals surface area contributed by atoms with Gasteiger partial charge in [-0.15, -0.1) is 0 Å². The second-order valence-corrected chi connectivity index (χ2v) is 8.66. The lowest BCUT2D eigenvalue weighted by molar-refractivity contribution is -0.150. The van der Waals surface area contributed by atoms with Gasteiger partial charge in [0, 0.05) is 44.8 Å². The van der Waals surface area contributed by atoms with Crippen molar-refractivity contribution in [2.45, 2.75) is 38.6 Å². The van der Waals surface area contributed by atoms with Crippen LogP contribution in [0.25, 0.3) is 0 Å². The number of ether oxygens (including phenoxy) is 1. The first-order valence-corrected chi connectivity index (χ1v) is 11.5. The molecule has 0 spiro atoms. The summed E-state index contributed by atoms with van der Waals surface area (Å²) < 4.78 is 8.14. The molecule has 2 aromatic carbocycles. The molecule has 0 radical (unpaired) electrons. The second kappa shape index (κ2) is 9.67. The van der Waals surface area contributed by atoms with Gasteiger partial charge in [-0.3, -0.25) is 9.69 Å². The van der Waals surface area contributed by atoms with Crippen LogP contribution in [0.4, 0.5) is 0 Å². The van der Waals surface area contributed by atoms with Gasteiger partial charge in [-0.25, -0.2) is 4.98 Å². The van der Waals surface area contributed by atoms with Crippen LogP contribution in [0.15, 0.2) is 67.0 Å². The second-order valence-electron chi connectivity index (χ2n) is 8.66. The van der Waals surface area contributed by atoms with Gasteiger partial charge in [-0.2, -0.15) is 0 Å². The van der Waals surface area contributed by atoms with Gasteiger partial charge in [-0.1, -0.05) is 60.7 Å². The minimum absolute atomic E-state index is 0.0900. The van der Waals surface area contributed by atoms with Gasteiger partial charge in [-0.05, 0) is 17.5 Å². The molecule has 0 aliphatic carbocycles. The molecule has 0 unspecified atom stereocenters. The van der Waals surface area contributed by atoms with Gasteiger partial charge in [0.05, 0.1) is 25.2 Å². The quantitative estimate of drug-likeness (QED) is 0.604. The topological polar surface area (TPSA) is 50.6 Å². The molecule has 0 saturated carbocycles. The van der Waals surface area contributed by atoms with Crippen LogP contribution in [0.3, 0.4) is 0 Å². The molecular weight excluding hydrogens is 400 g/mol. The number of carbonyl (C=O) groups excluding carboxylic acids is 1. The maximum Gasteiger partial charge on any atom is 0.253 e. The molecule has 6 nitrogen and oxygen atoms in total. The predicted octanol–water partition coefficient (Wildman–Crippen LogP) is 2.91. The highest BCUT2D eigenvalue weighted by molar-refractivity contribution is 5.81. The molecule has 1 saturated heterocycles. The molecule has 166 valence electrons. The normalized spacial score (nSPS) is 19.0. The van der Waals surface area contributed by atoms with Crippen LogP contribution < -0.4 is 0 Å². The van der Waals surface area contributed by atoms with Crippen LogP contribution in [0.5, 0.6) is 0 Å². The van der Waals surface area contributed by atoms with Crippen LogP contribution in [0.2, 0.25) is 0 Å².